The average Bonchev–Trinajstić information content (AvgIpc) is 2.37. The van der Waals surface area contributed by atoms with Crippen LogP contribution in [0.4, 0.5) is 0 Å². The first-order chi connectivity index (χ1) is 8.63. The third kappa shape index (κ3) is 7.34. The van der Waals surface area contributed by atoms with Crippen molar-refractivity contribution in [1.29, 1.82) is 0 Å². The topological polar surface area (TPSA) is 93.4 Å². The minimum absolute atomic E-state index is 0. The summed E-state index contributed by atoms with van der Waals surface area (Å²) >= 11 is 0. The van der Waals surface area contributed by atoms with Gasteiger partial charge in [0.15, 0.2) is 0 Å². The number of ether oxygens (including phenoxy) is 1. The lowest BCUT2D eigenvalue weighted by molar-refractivity contribution is -0.127. The average molecular weight is 294 g/mol. The number of methoxy groups -OCH3 is 1. The Balaban J connectivity index is 0.00000324. The maximum Gasteiger partial charge on any atom is 0.239 e. The Bertz CT molecular complexity index is 283. The molecule has 7 heteroatoms. The smallest absolute Gasteiger partial charge is 0.239 e. The van der Waals surface area contributed by atoms with Crippen LogP contribution in [-0.2, 0) is 14.3 Å². The van der Waals surface area contributed by atoms with Crippen LogP contribution in [0.3, 0.4) is 0 Å². The Hall–Kier alpha value is -0.850. The number of halogens is 1. The van der Waals surface area contributed by atoms with E-state index >= 15 is 0 Å². The van der Waals surface area contributed by atoms with E-state index in [2.05, 4.69) is 10.6 Å². The summed E-state index contributed by atoms with van der Waals surface area (Å²) in [6.07, 6.45) is 5.63. The van der Waals surface area contributed by atoms with Gasteiger partial charge in [0.25, 0.3) is 0 Å². The predicted octanol–water partition coefficient (Wildman–Crippen LogP) is -0.0530. The quantitative estimate of drug-likeness (QED) is 0.640. The van der Waals surface area contributed by atoms with Gasteiger partial charge in [-0.05, 0) is 12.8 Å². The Morgan fingerprint density at radius 3 is 2.53 bits per heavy atom. The van der Waals surface area contributed by atoms with Crippen molar-refractivity contribution in [2.45, 2.75) is 44.2 Å². The second-order valence-corrected chi connectivity index (χ2v) is 4.68. The van der Waals surface area contributed by atoms with Crippen LogP contribution in [0.2, 0.25) is 0 Å². The fourth-order valence-electron chi connectivity index (χ4n) is 2.08. The zero-order valence-corrected chi connectivity index (χ0v) is 12.1. The maximum atomic E-state index is 11.6. The van der Waals surface area contributed by atoms with E-state index in [0.717, 1.165) is 25.7 Å². The molecule has 4 N–H and O–H groups in total. The molecule has 0 heterocycles. The Kier molecular flexibility index (Phi) is 9.55. The van der Waals surface area contributed by atoms with E-state index in [9.17, 15) is 9.59 Å². The van der Waals surface area contributed by atoms with Crippen molar-refractivity contribution in [2.75, 3.05) is 20.3 Å². The summed E-state index contributed by atoms with van der Waals surface area (Å²) in [5, 5.41) is 5.42. The lowest BCUT2D eigenvalue weighted by Crippen LogP contribution is -2.48. The van der Waals surface area contributed by atoms with Crippen molar-refractivity contribution in [3.05, 3.63) is 0 Å². The molecule has 0 saturated heterocycles. The Morgan fingerprint density at radius 2 is 1.95 bits per heavy atom. The third-order valence-corrected chi connectivity index (χ3v) is 3.08. The second-order valence-electron chi connectivity index (χ2n) is 4.68. The molecule has 1 unspecified atom stereocenters. The third-order valence-electron chi connectivity index (χ3n) is 3.08. The molecule has 1 aliphatic carbocycles. The van der Waals surface area contributed by atoms with Gasteiger partial charge in [0, 0.05) is 13.2 Å². The minimum atomic E-state index is -0.725. The molecular formula is C12H24ClN3O3. The van der Waals surface area contributed by atoms with Crippen molar-refractivity contribution in [2.24, 2.45) is 5.73 Å². The summed E-state index contributed by atoms with van der Waals surface area (Å²) in [4.78, 5) is 23.0. The molecule has 0 aromatic carbocycles. The summed E-state index contributed by atoms with van der Waals surface area (Å²) in [6, 6.07) is -0.465. The molecule has 1 rings (SSSR count). The molecule has 2 amide bonds. The molecule has 1 fully saturated rings. The summed E-state index contributed by atoms with van der Waals surface area (Å²) in [6.45, 7) is 0.128. The second kappa shape index (κ2) is 10.00. The molecule has 0 bridgehead atoms. The SMILES string of the molecule is COCC(N)C(=O)NCC(=O)NC1CCCCC1.Cl. The van der Waals surface area contributed by atoms with Crippen molar-refractivity contribution in [1.82, 2.24) is 10.6 Å². The van der Waals surface area contributed by atoms with E-state index in [-0.39, 0.29) is 43.4 Å². The molecule has 1 atom stereocenters. The molecule has 112 valence electrons. The number of carbonyl (C=O) groups is 2. The molecule has 0 aromatic heterocycles. The van der Waals surface area contributed by atoms with Crippen LogP contribution in [0.25, 0.3) is 0 Å². The van der Waals surface area contributed by atoms with Crippen LogP contribution < -0.4 is 16.4 Å². The van der Waals surface area contributed by atoms with Gasteiger partial charge in [-0.25, -0.2) is 0 Å². The maximum absolute atomic E-state index is 11.6. The molecule has 19 heavy (non-hydrogen) atoms. The largest absolute Gasteiger partial charge is 0.383 e. The van der Waals surface area contributed by atoms with E-state index in [1.165, 1.54) is 13.5 Å². The van der Waals surface area contributed by atoms with Gasteiger partial charge in [0.05, 0.1) is 13.2 Å². The number of rotatable bonds is 6. The standard InChI is InChI=1S/C12H23N3O3.ClH/c1-18-8-10(13)12(17)14-7-11(16)15-9-5-3-2-4-6-9;/h9-10H,2-8,13H2,1H3,(H,14,17)(H,15,16);1H. The van der Waals surface area contributed by atoms with E-state index in [4.69, 9.17) is 10.5 Å². The van der Waals surface area contributed by atoms with Gasteiger partial charge in [0.1, 0.15) is 6.04 Å². The highest BCUT2D eigenvalue weighted by molar-refractivity contribution is 5.87. The minimum Gasteiger partial charge on any atom is -0.383 e. The number of hydrogen-bond donors (Lipinski definition) is 3. The number of amides is 2. The number of nitrogens with one attached hydrogen (secondary N) is 2. The summed E-state index contributed by atoms with van der Waals surface area (Å²) in [5.41, 5.74) is 5.53. The summed E-state index contributed by atoms with van der Waals surface area (Å²) < 4.78 is 4.77. The monoisotopic (exact) mass is 293 g/mol. The highest BCUT2D eigenvalue weighted by Crippen LogP contribution is 2.16. The fourth-order valence-corrected chi connectivity index (χ4v) is 2.08. The van der Waals surface area contributed by atoms with Gasteiger partial charge < -0.3 is 21.1 Å². The van der Waals surface area contributed by atoms with Crippen molar-refractivity contribution in [3.63, 3.8) is 0 Å². The van der Waals surface area contributed by atoms with Gasteiger partial charge in [-0.15, -0.1) is 12.4 Å². The predicted molar refractivity (Wildman–Crippen MR) is 75.1 cm³/mol. The zero-order valence-electron chi connectivity index (χ0n) is 11.3. The van der Waals surface area contributed by atoms with Gasteiger partial charge in [0.2, 0.25) is 11.8 Å². The normalized spacial score (nSPS) is 17.2. The van der Waals surface area contributed by atoms with Crippen LogP contribution in [0.5, 0.6) is 0 Å². The highest BCUT2D eigenvalue weighted by Gasteiger charge is 2.17. The van der Waals surface area contributed by atoms with Crippen LogP contribution in [-0.4, -0.2) is 44.2 Å². The lowest BCUT2D eigenvalue weighted by atomic mass is 9.95. The van der Waals surface area contributed by atoms with Gasteiger partial charge >= 0.3 is 0 Å². The molecule has 0 radical (unpaired) electrons. The van der Waals surface area contributed by atoms with Crippen molar-refractivity contribution >= 4 is 24.2 Å². The first kappa shape index (κ1) is 18.1. The zero-order chi connectivity index (χ0) is 13.4. The van der Waals surface area contributed by atoms with Crippen LogP contribution in [0, 0.1) is 0 Å². The fraction of sp³-hybridized carbons (Fsp3) is 0.833. The van der Waals surface area contributed by atoms with Crippen LogP contribution >= 0.6 is 12.4 Å². The number of nitrogens with two attached hydrogens (primary N) is 1. The van der Waals surface area contributed by atoms with E-state index in [1.54, 1.807) is 0 Å². The molecule has 6 nitrogen and oxygen atoms in total. The van der Waals surface area contributed by atoms with Crippen molar-refractivity contribution < 1.29 is 14.3 Å². The molecule has 1 aliphatic rings. The Labute approximate surface area is 120 Å². The van der Waals surface area contributed by atoms with Crippen LogP contribution in [0.1, 0.15) is 32.1 Å². The van der Waals surface area contributed by atoms with E-state index in [1.807, 2.05) is 0 Å². The number of hydrogen-bond acceptors (Lipinski definition) is 4. The van der Waals surface area contributed by atoms with Gasteiger partial charge in [-0.2, -0.15) is 0 Å². The van der Waals surface area contributed by atoms with Crippen molar-refractivity contribution in [3.8, 4) is 0 Å². The summed E-state index contributed by atoms with van der Waals surface area (Å²) in [7, 11) is 1.48. The van der Waals surface area contributed by atoms with Crippen LogP contribution in [0.15, 0.2) is 0 Å². The highest BCUT2D eigenvalue weighted by atomic mass is 35.5. The first-order valence-corrected chi connectivity index (χ1v) is 6.45. The molecule has 0 aliphatic heterocycles. The van der Waals surface area contributed by atoms with Gasteiger partial charge in [-0.3, -0.25) is 9.59 Å². The molecule has 0 aromatic rings. The molecule has 1 saturated carbocycles. The lowest BCUT2D eigenvalue weighted by Gasteiger charge is -2.22. The first-order valence-electron chi connectivity index (χ1n) is 6.45. The van der Waals surface area contributed by atoms with Gasteiger partial charge in [-0.1, -0.05) is 19.3 Å². The van der Waals surface area contributed by atoms with E-state index < -0.39 is 6.04 Å². The number of carbonyl (C=O) groups excluding carboxylic acids is 2. The molecule has 0 spiro atoms. The Morgan fingerprint density at radius 1 is 1.32 bits per heavy atom. The molecular weight excluding hydrogens is 270 g/mol. The van der Waals surface area contributed by atoms with E-state index in [0.29, 0.717) is 0 Å². The summed E-state index contributed by atoms with van der Waals surface area (Å²) in [5.74, 6) is -0.518.